The summed E-state index contributed by atoms with van der Waals surface area (Å²) < 4.78 is 4.85. The maximum Gasteiger partial charge on any atom is 0.350 e. The van der Waals surface area contributed by atoms with Crippen LogP contribution in [0.15, 0.2) is 36.0 Å². The number of hydrogen-bond acceptors (Lipinski definition) is 5. The summed E-state index contributed by atoms with van der Waals surface area (Å²) in [5.41, 5.74) is 1.95. The first kappa shape index (κ1) is 13.0. The average Bonchev–Trinajstić information content (AvgIpc) is 2.45. The van der Waals surface area contributed by atoms with E-state index in [1.165, 1.54) is 0 Å². The van der Waals surface area contributed by atoms with Gasteiger partial charge in [0.15, 0.2) is 5.57 Å². The van der Waals surface area contributed by atoms with E-state index in [4.69, 9.17) is 10.00 Å². The van der Waals surface area contributed by atoms with Crippen LogP contribution in [0.1, 0.15) is 6.92 Å². The van der Waals surface area contributed by atoms with E-state index in [-0.39, 0.29) is 12.2 Å². The fourth-order valence-electron chi connectivity index (χ4n) is 1.93. The van der Waals surface area contributed by atoms with Crippen LogP contribution in [-0.4, -0.2) is 25.7 Å². The first-order chi connectivity index (χ1) is 9.26. The molecule has 0 fully saturated rings. The minimum Gasteiger partial charge on any atom is -0.462 e. The Kier molecular flexibility index (Phi) is 4.04. The van der Waals surface area contributed by atoms with E-state index in [0.717, 1.165) is 17.9 Å². The van der Waals surface area contributed by atoms with Crippen LogP contribution in [-0.2, 0) is 9.53 Å². The normalized spacial score (nSPS) is 14.1. The molecule has 0 amide bonds. The summed E-state index contributed by atoms with van der Waals surface area (Å²) in [5.74, 6) is -0.582. The molecule has 0 saturated heterocycles. The van der Waals surface area contributed by atoms with Gasteiger partial charge in [-0.3, -0.25) is 0 Å². The minimum atomic E-state index is -0.582. The number of nitriles is 1. The third-order valence-corrected chi connectivity index (χ3v) is 2.78. The molecular formula is C14H15N3O2. The molecule has 0 radical (unpaired) electrons. The van der Waals surface area contributed by atoms with E-state index in [2.05, 4.69) is 5.32 Å². The Hall–Kier alpha value is -2.48. The first-order valence-electron chi connectivity index (χ1n) is 6.15. The zero-order chi connectivity index (χ0) is 13.7. The summed E-state index contributed by atoms with van der Waals surface area (Å²) in [6, 6.07) is 9.66. The molecule has 0 saturated carbocycles. The van der Waals surface area contributed by atoms with Crippen LogP contribution in [0.2, 0.25) is 0 Å². The van der Waals surface area contributed by atoms with Gasteiger partial charge >= 0.3 is 5.97 Å². The highest BCUT2D eigenvalue weighted by atomic mass is 16.5. The fourth-order valence-corrected chi connectivity index (χ4v) is 1.93. The number of rotatable bonds is 3. The van der Waals surface area contributed by atoms with Gasteiger partial charge in [-0.05, 0) is 19.1 Å². The van der Waals surface area contributed by atoms with Crippen molar-refractivity contribution in [3.8, 4) is 6.07 Å². The summed E-state index contributed by atoms with van der Waals surface area (Å²) in [4.78, 5) is 13.5. The number of para-hydroxylation sites is 2. The third-order valence-electron chi connectivity index (χ3n) is 2.78. The van der Waals surface area contributed by atoms with Crippen molar-refractivity contribution in [3.05, 3.63) is 36.0 Å². The van der Waals surface area contributed by atoms with Crippen molar-refractivity contribution in [3.63, 3.8) is 0 Å². The Labute approximate surface area is 112 Å². The Morgan fingerprint density at radius 1 is 1.58 bits per heavy atom. The zero-order valence-electron chi connectivity index (χ0n) is 10.7. The highest BCUT2D eigenvalue weighted by Crippen LogP contribution is 2.28. The summed E-state index contributed by atoms with van der Waals surface area (Å²) in [6.45, 7) is 3.43. The second-order valence-electron chi connectivity index (χ2n) is 4.01. The number of ether oxygens (including phenoxy) is 1. The van der Waals surface area contributed by atoms with E-state index in [1.54, 1.807) is 13.1 Å². The monoisotopic (exact) mass is 257 g/mol. The Morgan fingerprint density at radius 2 is 2.37 bits per heavy atom. The molecule has 1 aromatic rings. The summed E-state index contributed by atoms with van der Waals surface area (Å²) in [6.07, 6.45) is 1.55. The molecule has 5 heteroatoms. The van der Waals surface area contributed by atoms with Crippen molar-refractivity contribution in [2.75, 3.05) is 29.9 Å². The van der Waals surface area contributed by atoms with E-state index in [1.807, 2.05) is 35.2 Å². The van der Waals surface area contributed by atoms with Crippen molar-refractivity contribution in [2.24, 2.45) is 0 Å². The average molecular weight is 257 g/mol. The van der Waals surface area contributed by atoms with Crippen molar-refractivity contribution < 1.29 is 9.53 Å². The lowest BCUT2D eigenvalue weighted by Gasteiger charge is -2.29. The van der Waals surface area contributed by atoms with E-state index < -0.39 is 5.97 Å². The summed E-state index contributed by atoms with van der Waals surface area (Å²) in [7, 11) is 0. The maximum absolute atomic E-state index is 11.6. The van der Waals surface area contributed by atoms with Gasteiger partial charge in [0, 0.05) is 19.3 Å². The van der Waals surface area contributed by atoms with Crippen LogP contribution in [0.4, 0.5) is 11.4 Å². The highest BCUT2D eigenvalue weighted by molar-refractivity contribution is 5.93. The van der Waals surface area contributed by atoms with Gasteiger partial charge in [-0.1, -0.05) is 12.1 Å². The lowest BCUT2D eigenvalue weighted by Crippen LogP contribution is -2.30. The Balaban J connectivity index is 2.28. The van der Waals surface area contributed by atoms with Crippen molar-refractivity contribution in [2.45, 2.75) is 6.92 Å². The van der Waals surface area contributed by atoms with Crippen LogP contribution >= 0.6 is 0 Å². The van der Waals surface area contributed by atoms with Crippen LogP contribution in [0.25, 0.3) is 0 Å². The van der Waals surface area contributed by atoms with Gasteiger partial charge in [-0.2, -0.15) is 5.26 Å². The quantitative estimate of drug-likeness (QED) is 0.509. The molecule has 1 aliphatic rings. The summed E-state index contributed by atoms with van der Waals surface area (Å²) in [5, 5.41) is 12.3. The number of anilines is 2. The molecule has 1 aromatic carbocycles. The fraction of sp³-hybridized carbons (Fsp3) is 0.286. The SMILES string of the molecule is CCOC(=O)/C(C#N)=C\N1CCNc2ccccc21. The third kappa shape index (κ3) is 2.86. The van der Waals surface area contributed by atoms with Gasteiger partial charge in [0.05, 0.1) is 18.0 Å². The maximum atomic E-state index is 11.6. The molecule has 1 N–H and O–H groups in total. The van der Waals surface area contributed by atoms with Gasteiger partial charge in [0.25, 0.3) is 0 Å². The molecular weight excluding hydrogens is 242 g/mol. The Bertz CT molecular complexity index is 546. The number of fused-ring (bicyclic) bond motifs is 1. The van der Waals surface area contributed by atoms with Gasteiger partial charge in [-0.25, -0.2) is 4.79 Å². The second-order valence-corrected chi connectivity index (χ2v) is 4.01. The largest absolute Gasteiger partial charge is 0.462 e. The van der Waals surface area contributed by atoms with Gasteiger partial charge < -0.3 is 15.0 Å². The molecule has 0 unspecified atom stereocenters. The van der Waals surface area contributed by atoms with Crippen LogP contribution < -0.4 is 10.2 Å². The van der Waals surface area contributed by atoms with Crippen LogP contribution in [0.3, 0.4) is 0 Å². The number of benzene rings is 1. The lowest BCUT2D eigenvalue weighted by atomic mass is 10.2. The molecule has 1 aliphatic heterocycles. The van der Waals surface area contributed by atoms with E-state index in [0.29, 0.717) is 6.54 Å². The number of nitrogens with zero attached hydrogens (tertiary/aromatic N) is 2. The second kappa shape index (κ2) is 5.91. The topological polar surface area (TPSA) is 65.4 Å². The number of esters is 1. The van der Waals surface area contributed by atoms with Crippen molar-refractivity contribution in [1.82, 2.24) is 0 Å². The predicted molar refractivity (Wildman–Crippen MR) is 72.6 cm³/mol. The predicted octanol–water partition coefficient (Wildman–Crippen LogP) is 1.89. The first-order valence-corrected chi connectivity index (χ1v) is 6.15. The highest BCUT2D eigenvalue weighted by Gasteiger charge is 2.17. The summed E-state index contributed by atoms with van der Waals surface area (Å²) >= 11 is 0. The molecule has 5 nitrogen and oxygen atoms in total. The van der Waals surface area contributed by atoms with Crippen LogP contribution in [0, 0.1) is 11.3 Å². The number of carbonyl (C=O) groups excluding carboxylic acids is 1. The molecule has 0 aromatic heterocycles. The minimum absolute atomic E-state index is 0.0125. The van der Waals surface area contributed by atoms with Crippen LogP contribution in [0.5, 0.6) is 0 Å². The number of nitrogens with one attached hydrogen (secondary N) is 1. The lowest BCUT2D eigenvalue weighted by molar-refractivity contribution is -0.138. The molecule has 2 rings (SSSR count). The molecule has 0 spiro atoms. The molecule has 0 atom stereocenters. The van der Waals surface area contributed by atoms with Gasteiger partial charge in [-0.15, -0.1) is 0 Å². The van der Waals surface area contributed by atoms with Crippen molar-refractivity contribution in [1.29, 1.82) is 5.26 Å². The Morgan fingerprint density at radius 3 is 3.11 bits per heavy atom. The molecule has 0 bridgehead atoms. The molecule has 19 heavy (non-hydrogen) atoms. The van der Waals surface area contributed by atoms with Crippen molar-refractivity contribution >= 4 is 17.3 Å². The number of hydrogen-bond donors (Lipinski definition) is 1. The standard InChI is InChI=1S/C14H15N3O2/c1-2-19-14(18)11(9-15)10-17-8-7-16-12-5-3-4-6-13(12)17/h3-6,10,16H,2,7-8H2,1H3/b11-10-. The van der Waals surface area contributed by atoms with Gasteiger partial charge in [0.2, 0.25) is 0 Å². The molecule has 98 valence electrons. The number of carbonyl (C=O) groups is 1. The van der Waals surface area contributed by atoms with E-state index in [9.17, 15) is 4.79 Å². The van der Waals surface area contributed by atoms with E-state index >= 15 is 0 Å². The molecule has 1 heterocycles. The zero-order valence-corrected chi connectivity index (χ0v) is 10.7. The smallest absolute Gasteiger partial charge is 0.350 e. The molecule has 0 aliphatic carbocycles. The van der Waals surface area contributed by atoms with Gasteiger partial charge in [0.1, 0.15) is 6.07 Å².